The van der Waals surface area contributed by atoms with Crippen molar-refractivity contribution in [1.29, 1.82) is 0 Å². The van der Waals surface area contributed by atoms with Gasteiger partial charge in [-0.1, -0.05) is 18.5 Å². The van der Waals surface area contributed by atoms with Gasteiger partial charge in [0.05, 0.1) is 11.6 Å². The fourth-order valence-electron chi connectivity index (χ4n) is 2.66. The Morgan fingerprint density at radius 3 is 2.78 bits per heavy atom. The van der Waals surface area contributed by atoms with E-state index in [1.54, 1.807) is 4.90 Å². The molecule has 0 bridgehead atoms. The number of anilines is 1. The number of halogens is 3. The molecule has 130 valence electrons. The highest BCUT2D eigenvalue weighted by molar-refractivity contribution is 7.89. The van der Waals surface area contributed by atoms with Crippen molar-refractivity contribution in [2.45, 2.75) is 30.7 Å². The van der Waals surface area contributed by atoms with Gasteiger partial charge in [-0.2, -0.15) is 4.31 Å². The lowest BCUT2D eigenvalue weighted by Gasteiger charge is -2.40. The first-order valence-corrected chi connectivity index (χ1v) is 9.00. The lowest BCUT2D eigenvalue weighted by atomic mass is 10.1. The Balaban J connectivity index is 2.23. The fourth-order valence-corrected chi connectivity index (χ4v) is 4.45. The maximum atomic E-state index is 12.7. The van der Waals surface area contributed by atoms with Crippen molar-refractivity contribution in [3.8, 4) is 0 Å². The van der Waals surface area contributed by atoms with E-state index in [1.165, 1.54) is 16.6 Å². The Morgan fingerprint density at radius 1 is 1.48 bits per heavy atom. The van der Waals surface area contributed by atoms with Crippen LogP contribution in [0.5, 0.6) is 0 Å². The number of nitrogens with zero attached hydrogens (tertiary/aromatic N) is 3. The van der Waals surface area contributed by atoms with Gasteiger partial charge in [-0.15, -0.1) is 0 Å². The average Bonchev–Trinajstić information content (AvgIpc) is 2.49. The zero-order valence-electron chi connectivity index (χ0n) is 12.6. The summed E-state index contributed by atoms with van der Waals surface area (Å²) in [5, 5.41) is 0.168. The molecule has 2 rings (SSSR count). The summed E-state index contributed by atoms with van der Waals surface area (Å²) in [6, 6.07) is 0.993. The van der Waals surface area contributed by atoms with Gasteiger partial charge >= 0.3 is 0 Å². The van der Waals surface area contributed by atoms with E-state index < -0.39 is 16.4 Å². The van der Waals surface area contributed by atoms with Gasteiger partial charge in [0.15, 0.2) is 0 Å². The molecule has 2 heterocycles. The van der Waals surface area contributed by atoms with Crippen LogP contribution in [-0.4, -0.2) is 61.3 Å². The number of piperazine rings is 1. The van der Waals surface area contributed by atoms with Crippen LogP contribution in [0.2, 0.25) is 5.02 Å². The first kappa shape index (κ1) is 18.3. The maximum absolute atomic E-state index is 12.7. The van der Waals surface area contributed by atoms with Gasteiger partial charge in [0.1, 0.15) is 10.7 Å². The van der Waals surface area contributed by atoms with Crippen LogP contribution >= 0.6 is 11.6 Å². The molecule has 10 heteroatoms. The van der Waals surface area contributed by atoms with Crippen LogP contribution in [0.3, 0.4) is 0 Å². The highest BCUT2D eigenvalue weighted by atomic mass is 35.5. The molecule has 1 atom stereocenters. The SMILES string of the molecule is CCC1CN(S(=O)(=O)c2cc(Cl)cnc2N)CCN1CC(F)F. The highest BCUT2D eigenvalue weighted by Gasteiger charge is 2.35. The van der Waals surface area contributed by atoms with E-state index in [2.05, 4.69) is 4.98 Å². The van der Waals surface area contributed by atoms with Crippen LogP contribution in [0.25, 0.3) is 0 Å². The molecule has 6 nitrogen and oxygen atoms in total. The maximum Gasteiger partial charge on any atom is 0.251 e. The lowest BCUT2D eigenvalue weighted by molar-refractivity contribution is 0.0383. The third-order valence-electron chi connectivity index (χ3n) is 3.88. The molecule has 2 N–H and O–H groups in total. The Bertz CT molecular complexity index is 659. The molecular formula is C13H19ClF2N4O2S. The third-order valence-corrected chi connectivity index (χ3v) is 5.98. The molecule has 1 aliphatic heterocycles. The number of nitrogen functional groups attached to an aromatic ring is 1. The van der Waals surface area contributed by atoms with Crippen molar-refractivity contribution in [3.05, 3.63) is 17.3 Å². The zero-order chi connectivity index (χ0) is 17.2. The van der Waals surface area contributed by atoms with Crippen molar-refractivity contribution in [2.75, 3.05) is 31.9 Å². The standard InChI is InChI=1S/C13H19ClF2N4O2S/c1-2-10-7-20(4-3-19(10)8-12(15)16)23(21,22)11-5-9(14)6-18-13(11)17/h5-6,10,12H,2-4,7-8H2,1H3,(H2,17,18). The Kier molecular flexibility index (Phi) is 5.77. The number of hydrogen-bond donors (Lipinski definition) is 1. The van der Waals surface area contributed by atoms with Crippen molar-refractivity contribution in [1.82, 2.24) is 14.2 Å². The fraction of sp³-hybridized carbons (Fsp3) is 0.615. The summed E-state index contributed by atoms with van der Waals surface area (Å²) in [5.41, 5.74) is 5.66. The molecular weight excluding hydrogens is 350 g/mol. The van der Waals surface area contributed by atoms with Crippen LogP contribution in [0.1, 0.15) is 13.3 Å². The van der Waals surface area contributed by atoms with Gasteiger partial charge in [0, 0.05) is 31.9 Å². The Hall–Kier alpha value is -1.03. The van der Waals surface area contributed by atoms with Crippen molar-refractivity contribution >= 4 is 27.4 Å². The predicted octanol–water partition coefficient (Wildman–Crippen LogP) is 1.67. The zero-order valence-corrected chi connectivity index (χ0v) is 14.2. The molecule has 23 heavy (non-hydrogen) atoms. The summed E-state index contributed by atoms with van der Waals surface area (Å²) >= 11 is 5.81. The Labute approximate surface area is 139 Å². The van der Waals surface area contributed by atoms with Crippen molar-refractivity contribution in [3.63, 3.8) is 0 Å². The third kappa shape index (κ3) is 4.09. The summed E-state index contributed by atoms with van der Waals surface area (Å²) in [5.74, 6) is -0.127. The molecule has 1 aliphatic rings. The van der Waals surface area contributed by atoms with E-state index in [-0.39, 0.29) is 48.0 Å². The molecule has 1 aromatic rings. The minimum Gasteiger partial charge on any atom is -0.383 e. The number of hydrogen-bond acceptors (Lipinski definition) is 5. The summed E-state index contributed by atoms with van der Waals surface area (Å²) < 4.78 is 51.9. The summed E-state index contributed by atoms with van der Waals surface area (Å²) in [6.07, 6.45) is -0.604. The molecule has 0 radical (unpaired) electrons. The molecule has 0 saturated carbocycles. The van der Waals surface area contributed by atoms with E-state index in [4.69, 9.17) is 17.3 Å². The molecule has 1 fully saturated rings. The highest BCUT2D eigenvalue weighted by Crippen LogP contribution is 2.26. The van der Waals surface area contributed by atoms with Crippen molar-refractivity contribution < 1.29 is 17.2 Å². The van der Waals surface area contributed by atoms with E-state index in [9.17, 15) is 17.2 Å². The minimum atomic E-state index is -3.86. The van der Waals surface area contributed by atoms with Gasteiger partial charge in [-0.3, -0.25) is 4.90 Å². The summed E-state index contributed by atoms with van der Waals surface area (Å²) in [6.45, 7) is 1.99. The molecule has 1 unspecified atom stereocenters. The molecule has 1 aromatic heterocycles. The summed E-state index contributed by atoms with van der Waals surface area (Å²) in [7, 11) is -3.86. The molecule has 1 saturated heterocycles. The Morgan fingerprint density at radius 2 is 2.17 bits per heavy atom. The quantitative estimate of drug-likeness (QED) is 0.855. The molecule has 0 aliphatic carbocycles. The number of pyridine rings is 1. The van der Waals surface area contributed by atoms with E-state index in [1.807, 2.05) is 6.92 Å². The first-order valence-electron chi connectivity index (χ1n) is 7.19. The average molecular weight is 369 g/mol. The van der Waals surface area contributed by atoms with Gasteiger partial charge < -0.3 is 5.73 Å². The van der Waals surface area contributed by atoms with Gasteiger partial charge in [0.2, 0.25) is 10.0 Å². The number of rotatable bonds is 5. The number of aromatic nitrogens is 1. The van der Waals surface area contributed by atoms with Crippen molar-refractivity contribution in [2.24, 2.45) is 0 Å². The largest absolute Gasteiger partial charge is 0.383 e. The lowest BCUT2D eigenvalue weighted by Crippen LogP contribution is -2.55. The monoisotopic (exact) mass is 368 g/mol. The molecule has 0 aromatic carbocycles. The van der Waals surface area contributed by atoms with Crippen LogP contribution in [-0.2, 0) is 10.0 Å². The van der Waals surface area contributed by atoms with Gasteiger partial charge in [-0.25, -0.2) is 22.2 Å². The van der Waals surface area contributed by atoms with Gasteiger partial charge in [-0.05, 0) is 12.5 Å². The van der Waals surface area contributed by atoms with Gasteiger partial charge in [0.25, 0.3) is 6.43 Å². The second-order valence-corrected chi connectivity index (χ2v) is 7.69. The first-order chi connectivity index (χ1) is 10.8. The van der Waals surface area contributed by atoms with E-state index in [0.29, 0.717) is 6.42 Å². The predicted molar refractivity (Wildman–Crippen MR) is 84.1 cm³/mol. The van der Waals surface area contributed by atoms with E-state index in [0.717, 1.165) is 0 Å². The molecule has 0 spiro atoms. The topological polar surface area (TPSA) is 79.5 Å². The number of nitrogens with two attached hydrogens (primary N) is 1. The van der Waals surface area contributed by atoms with Crippen LogP contribution < -0.4 is 5.73 Å². The van der Waals surface area contributed by atoms with E-state index >= 15 is 0 Å². The number of sulfonamides is 1. The molecule has 0 amide bonds. The normalized spacial score (nSPS) is 21.0. The smallest absolute Gasteiger partial charge is 0.251 e. The number of alkyl halides is 2. The summed E-state index contributed by atoms with van der Waals surface area (Å²) in [4.78, 5) is 5.23. The van der Waals surface area contributed by atoms with Crippen LogP contribution in [0, 0.1) is 0 Å². The minimum absolute atomic E-state index is 0.123. The second kappa shape index (κ2) is 7.25. The van der Waals surface area contributed by atoms with Crippen LogP contribution in [0.15, 0.2) is 17.2 Å². The second-order valence-electron chi connectivity index (χ2n) is 5.35. The van der Waals surface area contributed by atoms with Crippen LogP contribution in [0.4, 0.5) is 14.6 Å².